The van der Waals surface area contributed by atoms with Gasteiger partial charge in [-0.2, -0.15) is 0 Å². The molecule has 0 aliphatic heterocycles. The van der Waals surface area contributed by atoms with Crippen LogP contribution in [-0.4, -0.2) is 20.4 Å². The fraction of sp³-hybridized carbons (Fsp3) is 0.174. The number of anilines is 1. The second kappa shape index (κ2) is 9.85. The third-order valence-electron chi connectivity index (χ3n) is 4.24. The molecule has 31 heavy (non-hydrogen) atoms. The Hall–Kier alpha value is -3.03. The number of rotatable bonds is 8. The maximum absolute atomic E-state index is 12.6. The normalized spacial score (nSPS) is 11.2. The number of nitrogens with one attached hydrogen (secondary N) is 2. The molecule has 0 radical (unpaired) electrons. The van der Waals surface area contributed by atoms with Crippen LogP contribution in [0.4, 0.5) is 5.69 Å². The van der Waals surface area contributed by atoms with Crippen LogP contribution in [0, 0.1) is 0 Å². The van der Waals surface area contributed by atoms with Gasteiger partial charge in [-0.1, -0.05) is 41.9 Å². The molecule has 0 spiro atoms. The van der Waals surface area contributed by atoms with Gasteiger partial charge in [0.1, 0.15) is 5.75 Å². The van der Waals surface area contributed by atoms with Crippen LogP contribution in [-0.2, 0) is 16.6 Å². The summed E-state index contributed by atoms with van der Waals surface area (Å²) in [6.45, 7) is 4.19. The summed E-state index contributed by atoms with van der Waals surface area (Å²) in [6, 6.07) is 19.9. The summed E-state index contributed by atoms with van der Waals surface area (Å²) in [6.07, 6.45) is 0.0569. The molecule has 162 valence electrons. The highest BCUT2D eigenvalue weighted by atomic mass is 35.5. The first kappa shape index (κ1) is 22.7. The molecule has 1 amide bonds. The number of amides is 1. The fourth-order valence-corrected chi connectivity index (χ4v) is 4.19. The number of hydrogen-bond acceptors (Lipinski definition) is 4. The van der Waals surface area contributed by atoms with Crippen LogP contribution in [0.25, 0.3) is 0 Å². The Morgan fingerprint density at radius 3 is 2.42 bits per heavy atom. The molecule has 0 aliphatic carbocycles. The maximum atomic E-state index is 12.6. The highest BCUT2D eigenvalue weighted by Crippen LogP contribution is 2.23. The van der Waals surface area contributed by atoms with Crippen LogP contribution in [0.2, 0.25) is 5.02 Å². The SMILES string of the molecule is CC(C)Oc1cccc(CNC(=O)c2ccc(NS(=O)(=O)c3ccccc3)cc2Cl)c1. The third-order valence-corrected chi connectivity index (χ3v) is 5.95. The number of carbonyl (C=O) groups excluding carboxylic acids is 1. The predicted octanol–water partition coefficient (Wildman–Crippen LogP) is 4.86. The predicted molar refractivity (Wildman–Crippen MR) is 122 cm³/mol. The molecule has 0 fully saturated rings. The van der Waals surface area contributed by atoms with Gasteiger partial charge in [0, 0.05) is 6.54 Å². The zero-order valence-corrected chi connectivity index (χ0v) is 18.7. The van der Waals surface area contributed by atoms with Crippen molar-refractivity contribution in [1.29, 1.82) is 0 Å². The molecule has 0 aromatic heterocycles. The molecule has 6 nitrogen and oxygen atoms in total. The number of sulfonamides is 1. The summed E-state index contributed by atoms with van der Waals surface area (Å²) >= 11 is 6.25. The lowest BCUT2D eigenvalue weighted by atomic mass is 10.1. The third kappa shape index (κ3) is 6.23. The molecule has 0 saturated heterocycles. The van der Waals surface area contributed by atoms with Crippen LogP contribution in [0.15, 0.2) is 77.7 Å². The van der Waals surface area contributed by atoms with Crippen molar-refractivity contribution in [1.82, 2.24) is 5.32 Å². The summed E-state index contributed by atoms with van der Waals surface area (Å²) in [5.41, 5.74) is 1.40. The summed E-state index contributed by atoms with van der Waals surface area (Å²) in [5.74, 6) is 0.368. The lowest BCUT2D eigenvalue weighted by molar-refractivity contribution is 0.0951. The molecule has 0 bridgehead atoms. The van der Waals surface area contributed by atoms with Crippen molar-refractivity contribution < 1.29 is 17.9 Å². The monoisotopic (exact) mass is 458 g/mol. The van der Waals surface area contributed by atoms with Gasteiger partial charge >= 0.3 is 0 Å². The molecule has 3 rings (SSSR count). The quantitative estimate of drug-likeness (QED) is 0.505. The molecule has 2 N–H and O–H groups in total. The van der Waals surface area contributed by atoms with Crippen molar-refractivity contribution in [2.45, 2.75) is 31.4 Å². The summed E-state index contributed by atoms with van der Waals surface area (Å²) in [5, 5.41) is 2.95. The van der Waals surface area contributed by atoms with E-state index in [0.29, 0.717) is 6.54 Å². The van der Waals surface area contributed by atoms with Crippen molar-refractivity contribution >= 4 is 33.2 Å². The molecule has 0 saturated carbocycles. The average molecular weight is 459 g/mol. The van der Waals surface area contributed by atoms with E-state index in [-0.39, 0.29) is 33.2 Å². The van der Waals surface area contributed by atoms with Crippen molar-refractivity contribution in [2.24, 2.45) is 0 Å². The van der Waals surface area contributed by atoms with Crippen molar-refractivity contribution in [3.63, 3.8) is 0 Å². The van der Waals surface area contributed by atoms with Gasteiger partial charge in [0.05, 0.1) is 27.3 Å². The van der Waals surface area contributed by atoms with E-state index in [1.165, 1.54) is 30.3 Å². The average Bonchev–Trinajstić information content (AvgIpc) is 2.72. The Kier molecular flexibility index (Phi) is 7.20. The molecule has 0 aliphatic rings. The zero-order valence-electron chi connectivity index (χ0n) is 17.1. The number of hydrogen-bond donors (Lipinski definition) is 2. The van der Waals surface area contributed by atoms with E-state index >= 15 is 0 Å². The van der Waals surface area contributed by atoms with Crippen LogP contribution in [0.3, 0.4) is 0 Å². The molecule has 0 unspecified atom stereocenters. The molecule has 0 atom stereocenters. The number of benzene rings is 3. The van der Waals surface area contributed by atoms with Crippen LogP contribution in [0.1, 0.15) is 29.8 Å². The number of carbonyl (C=O) groups is 1. The molecule has 3 aromatic carbocycles. The Morgan fingerprint density at radius 2 is 1.74 bits per heavy atom. The van der Waals surface area contributed by atoms with E-state index in [1.54, 1.807) is 18.2 Å². The van der Waals surface area contributed by atoms with Gasteiger partial charge in [0.2, 0.25) is 0 Å². The Bertz CT molecular complexity index is 1170. The van der Waals surface area contributed by atoms with E-state index < -0.39 is 10.0 Å². The minimum atomic E-state index is -3.74. The summed E-state index contributed by atoms with van der Waals surface area (Å²) in [4.78, 5) is 12.7. The Balaban J connectivity index is 1.66. The smallest absolute Gasteiger partial charge is 0.261 e. The highest BCUT2D eigenvalue weighted by Gasteiger charge is 2.16. The molecular weight excluding hydrogens is 436 g/mol. The molecule has 3 aromatic rings. The van der Waals surface area contributed by atoms with Gasteiger partial charge in [-0.05, 0) is 61.9 Å². The zero-order chi connectivity index (χ0) is 22.4. The first-order valence-electron chi connectivity index (χ1n) is 9.66. The Morgan fingerprint density at radius 1 is 1.00 bits per heavy atom. The van der Waals surface area contributed by atoms with Crippen molar-refractivity contribution in [3.05, 3.63) is 88.9 Å². The second-order valence-electron chi connectivity index (χ2n) is 7.11. The van der Waals surface area contributed by atoms with E-state index in [4.69, 9.17) is 16.3 Å². The van der Waals surface area contributed by atoms with Gasteiger partial charge in [0.15, 0.2) is 0 Å². The standard InChI is InChI=1S/C23H23ClN2O4S/c1-16(2)30-19-8-6-7-17(13-19)15-25-23(27)21-12-11-18(14-22(21)24)26-31(28,29)20-9-4-3-5-10-20/h3-14,16,26H,15H2,1-2H3,(H,25,27). The van der Waals surface area contributed by atoms with Gasteiger partial charge in [-0.25, -0.2) is 8.42 Å². The van der Waals surface area contributed by atoms with Gasteiger partial charge in [0.25, 0.3) is 15.9 Å². The summed E-state index contributed by atoms with van der Waals surface area (Å²) in [7, 11) is -3.74. The Labute approximate surface area is 187 Å². The maximum Gasteiger partial charge on any atom is 0.261 e. The fourth-order valence-electron chi connectivity index (χ4n) is 2.85. The topological polar surface area (TPSA) is 84.5 Å². The van der Waals surface area contributed by atoms with E-state index in [0.717, 1.165) is 11.3 Å². The molecule has 0 heterocycles. The summed E-state index contributed by atoms with van der Waals surface area (Å²) < 4.78 is 33.0. The lowest BCUT2D eigenvalue weighted by Gasteiger charge is -2.12. The minimum absolute atomic E-state index is 0.0569. The van der Waals surface area contributed by atoms with Crippen LogP contribution < -0.4 is 14.8 Å². The van der Waals surface area contributed by atoms with Crippen molar-refractivity contribution in [2.75, 3.05) is 4.72 Å². The second-order valence-corrected chi connectivity index (χ2v) is 9.20. The highest BCUT2D eigenvalue weighted by molar-refractivity contribution is 7.92. The van der Waals surface area contributed by atoms with E-state index in [2.05, 4.69) is 10.0 Å². The van der Waals surface area contributed by atoms with E-state index in [9.17, 15) is 13.2 Å². The van der Waals surface area contributed by atoms with Gasteiger partial charge in [-0.3, -0.25) is 9.52 Å². The first-order chi connectivity index (χ1) is 14.7. The molecule has 8 heteroatoms. The van der Waals surface area contributed by atoms with Crippen LogP contribution in [0.5, 0.6) is 5.75 Å². The first-order valence-corrected chi connectivity index (χ1v) is 11.5. The van der Waals surface area contributed by atoms with Crippen LogP contribution >= 0.6 is 11.6 Å². The molecular formula is C23H23ClN2O4S. The van der Waals surface area contributed by atoms with E-state index in [1.807, 2.05) is 38.1 Å². The lowest BCUT2D eigenvalue weighted by Crippen LogP contribution is -2.23. The number of ether oxygens (including phenoxy) is 1. The van der Waals surface area contributed by atoms with Crippen molar-refractivity contribution in [3.8, 4) is 5.75 Å². The van der Waals surface area contributed by atoms with Gasteiger partial charge in [-0.15, -0.1) is 0 Å². The number of halogens is 1. The van der Waals surface area contributed by atoms with Gasteiger partial charge < -0.3 is 10.1 Å². The minimum Gasteiger partial charge on any atom is -0.491 e. The largest absolute Gasteiger partial charge is 0.491 e.